The SMILES string of the molecule is COc1ccc(C(=O)OCCNC(=O)CCc2ccc(C)cc2)cc1S(=O)(=O)N(C)C. The smallest absolute Gasteiger partial charge is 0.338 e. The van der Waals surface area contributed by atoms with Crippen molar-refractivity contribution in [3.63, 3.8) is 0 Å². The molecule has 168 valence electrons. The lowest BCUT2D eigenvalue weighted by Crippen LogP contribution is -2.28. The number of nitrogens with one attached hydrogen (secondary N) is 1. The van der Waals surface area contributed by atoms with Crippen LogP contribution in [0.25, 0.3) is 0 Å². The Morgan fingerprint density at radius 2 is 1.74 bits per heavy atom. The normalized spacial score (nSPS) is 11.3. The van der Waals surface area contributed by atoms with Gasteiger partial charge in [-0.25, -0.2) is 17.5 Å². The summed E-state index contributed by atoms with van der Waals surface area (Å²) < 4.78 is 36.2. The number of hydrogen-bond acceptors (Lipinski definition) is 6. The molecular weight excluding hydrogens is 420 g/mol. The van der Waals surface area contributed by atoms with Crippen LogP contribution in [-0.4, -0.2) is 59.0 Å². The summed E-state index contributed by atoms with van der Waals surface area (Å²) in [6.07, 6.45) is 0.960. The van der Waals surface area contributed by atoms with Gasteiger partial charge in [0.15, 0.2) is 0 Å². The van der Waals surface area contributed by atoms with E-state index < -0.39 is 16.0 Å². The van der Waals surface area contributed by atoms with Crippen molar-refractivity contribution < 1.29 is 27.5 Å². The maximum absolute atomic E-state index is 12.4. The molecule has 0 fully saturated rings. The van der Waals surface area contributed by atoms with E-state index in [9.17, 15) is 18.0 Å². The number of ether oxygens (including phenoxy) is 2. The van der Waals surface area contributed by atoms with Gasteiger partial charge in [-0.1, -0.05) is 29.8 Å². The second-order valence-corrected chi connectivity index (χ2v) is 9.24. The zero-order valence-electron chi connectivity index (χ0n) is 18.2. The van der Waals surface area contributed by atoms with Crippen LogP contribution in [-0.2, 0) is 26.0 Å². The third-order valence-electron chi connectivity index (χ3n) is 4.58. The first-order valence-electron chi connectivity index (χ1n) is 9.75. The molecule has 2 aromatic carbocycles. The Kier molecular flexibility index (Phi) is 8.58. The molecule has 0 bridgehead atoms. The lowest BCUT2D eigenvalue weighted by Gasteiger charge is -2.15. The number of rotatable bonds is 10. The van der Waals surface area contributed by atoms with Crippen LogP contribution in [0.5, 0.6) is 5.75 Å². The van der Waals surface area contributed by atoms with E-state index in [1.165, 1.54) is 45.0 Å². The Balaban J connectivity index is 1.85. The molecule has 0 aliphatic heterocycles. The predicted molar refractivity (Wildman–Crippen MR) is 117 cm³/mol. The molecule has 8 nitrogen and oxygen atoms in total. The van der Waals surface area contributed by atoms with Crippen LogP contribution in [0, 0.1) is 6.92 Å². The van der Waals surface area contributed by atoms with Gasteiger partial charge in [-0.15, -0.1) is 0 Å². The van der Waals surface area contributed by atoms with Gasteiger partial charge in [0.05, 0.1) is 19.2 Å². The first-order chi connectivity index (χ1) is 14.6. The van der Waals surface area contributed by atoms with Crippen LogP contribution in [0.1, 0.15) is 27.9 Å². The number of carbonyl (C=O) groups is 2. The molecule has 2 aromatic rings. The van der Waals surface area contributed by atoms with E-state index in [1.807, 2.05) is 31.2 Å². The summed E-state index contributed by atoms with van der Waals surface area (Å²) in [4.78, 5) is 24.1. The zero-order valence-corrected chi connectivity index (χ0v) is 19.0. The number of nitrogens with zero attached hydrogens (tertiary/aromatic N) is 1. The second kappa shape index (κ2) is 10.9. The van der Waals surface area contributed by atoms with Crippen molar-refractivity contribution >= 4 is 21.9 Å². The van der Waals surface area contributed by atoms with Crippen molar-refractivity contribution in [1.82, 2.24) is 9.62 Å². The Hall–Kier alpha value is -2.91. The van der Waals surface area contributed by atoms with E-state index in [0.717, 1.165) is 9.87 Å². The van der Waals surface area contributed by atoms with E-state index in [4.69, 9.17) is 9.47 Å². The predicted octanol–water partition coefficient (Wildman–Crippen LogP) is 2.16. The number of hydrogen-bond donors (Lipinski definition) is 1. The average molecular weight is 449 g/mol. The van der Waals surface area contributed by atoms with Gasteiger partial charge >= 0.3 is 5.97 Å². The molecule has 1 N–H and O–H groups in total. The molecule has 0 aromatic heterocycles. The number of benzene rings is 2. The minimum Gasteiger partial charge on any atom is -0.495 e. The van der Waals surface area contributed by atoms with E-state index in [2.05, 4.69) is 5.32 Å². The highest BCUT2D eigenvalue weighted by Crippen LogP contribution is 2.27. The van der Waals surface area contributed by atoms with Crippen LogP contribution >= 0.6 is 0 Å². The summed E-state index contributed by atoms with van der Waals surface area (Å²) in [5.74, 6) is -0.696. The van der Waals surface area contributed by atoms with Gasteiger partial charge in [0.1, 0.15) is 17.3 Å². The van der Waals surface area contributed by atoms with Gasteiger partial charge in [-0.2, -0.15) is 0 Å². The summed E-state index contributed by atoms with van der Waals surface area (Å²) in [6.45, 7) is 2.14. The number of aryl methyl sites for hydroxylation is 2. The number of sulfonamides is 1. The molecule has 9 heteroatoms. The molecule has 0 spiro atoms. The quantitative estimate of drug-likeness (QED) is 0.441. The zero-order chi connectivity index (χ0) is 23.0. The van der Waals surface area contributed by atoms with Crippen LogP contribution in [0.15, 0.2) is 47.4 Å². The van der Waals surface area contributed by atoms with Crippen LogP contribution in [0.4, 0.5) is 0 Å². The Morgan fingerprint density at radius 3 is 2.35 bits per heavy atom. The summed E-state index contributed by atoms with van der Waals surface area (Å²) in [5, 5.41) is 2.70. The van der Waals surface area contributed by atoms with Crippen molar-refractivity contribution in [3.8, 4) is 5.75 Å². The highest BCUT2D eigenvalue weighted by molar-refractivity contribution is 7.89. The maximum atomic E-state index is 12.4. The lowest BCUT2D eigenvalue weighted by atomic mass is 10.1. The summed E-state index contributed by atoms with van der Waals surface area (Å²) >= 11 is 0. The van der Waals surface area contributed by atoms with Gasteiger partial charge < -0.3 is 14.8 Å². The lowest BCUT2D eigenvalue weighted by molar-refractivity contribution is -0.121. The molecule has 0 unspecified atom stereocenters. The second-order valence-electron chi connectivity index (χ2n) is 7.12. The maximum Gasteiger partial charge on any atom is 0.338 e. The van der Waals surface area contributed by atoms with Crippen LogP contribution in [0.3, 0.4) is 0 Å². The third kappa shape index (κ3) is 6.80. The van der Waals surface area contributed by atoms with E-state index in [0.29, 0.717) is 12.8 Å². The monoisotopic (exact) mass is 448 g/mol. The first-order valence-corrected chi connectivity index (χ1v) is 11.2. The minimum atomic E-state index is -3.80. The molecule has 0 radical (unpaired) electrons. The summed E-state index contributed by atoms with van der Waals surface area (Å²) in [5.41, 5.74) is 2.32. The number of methoxy groups -OCH3 is 1. The van der Waals surface area contributed by atoms with Gasteiger partial charge in [0.25, 0.3) is 0 Å². The summed E-state index contributed by atoms with van der Waals surface area (Å²) in [6, 6.07) is 12.0. The number of carbonyl (C=O) groups excluding carboxylic acids is 2. The summed E-state index contributed by atoms with van der Waals surface area (Å²) in [7, 11) is 0.331. The van der Waals surface area contributed by atoms with Crippen LogP contribution < -0.4 is 10.1 Å². The molecule has 0 saturated carbocycles. The highest BCUT2D eigenvalue weighted by Gasteiger charge is 2.24. The van der Waals surface area contributed by atoms with E-state index in [-0.39, 0.29) is 35.3 Å². The van der Waals surface area contributed by atoms with Crippen molar-refractivity contribution in [2.24, 2.45) is 0 Å². The fraction of sp³-hybridized carbons (Fsp3) is 0.364. The van der Waals surface area contributed by atoms with Gasteiger partial charge in [-0.3, -0.25) is 4.79 Å². The average Bonchev–Trinajstić information content (AvgIpc) is 2.75. The molecular formula is C22H28N2O6S. The topological polar surface area (TPSA) is 102 Å². The fourth-order valence-electron chi connectivity index (χ4n) is 2.72. The molecule has 2 rings (SSSR count). The van der Waals surface area contributed by atoms with Gasteiger partial charge in [-0.05, 0) is 37.1 Å². The number of esters is 1. The Labute approximate surface area is 183 Å². The van der Waals surface area contributed by atoms with Gasteiger partial charge in [0, 0.05) is 20.5 Å². The van der Waals surface area contributed by atoms with Crippen molar-refractivity contribution in [1.29, 1.82) is 0 Å². The van der Waals surface area contributed by atoms with E-state index >= 15 is 0 Å². The Bertz CT molecular complexity index is 1020. The molecule has 0 atom stereocenters. The van der Waals surface area contributed by atoms with Crippen LogP contribution in [0.2, 0.25) is 0 Å². The number of amides is 1. The molecule has 0 saturated heterocycles. The molecule has 0 aliphatic rings. The Morgan fingerprint density at radius 1 is 1.06 bits per heavy atom. The molecule has 1 amide bonds. The van der Waals surface area contributed by atoms with Crippen molar-refractivity contribution in [2.75, 3.05) is 34.4 Å². The fourth-order valence-corrected chi connectivity index (χ4v) is 3.80. The highest BCUT2D eigenvalue weighted by atomic mass is 32.2. The molecule has 0 aliphatic carbocycles. The van der Waals surface area contributed by atoms with E-state index in [1.54, 1.807) is 0 Å². The standard InChI is InChI=1S/C22H28N2O6S/c1-16-5-7-17(8-6-16)9-12-21(25)23-13-14-30-22(26)18-10-11-19(29-4)20(15-18)31(27,28)24(2)3/h5-8,10-11,15H,9,12-14H2,1-4H3,(H,23,25). The van der Waals surface area contributed by atoms with Crippen molar-refractivity contribution in [3.05, 3.63) is 59.2 Å². The largest absolute Gasteiger partial charge is 0.495 e. The third-order valence-corrected chi connectivity index (χ3v) is 6.41. The first kappa shape index (κ1) is 24.4. The molecule has 0 heterocycles. The minimum absolute atomic E-state index is 0.0309. The molecule has 31 heavy (non-hydrogen) atoms. The van der Waals surface area contributed by atoms with Gasteiger partial charge in [0.2, 0.25) is 15.9 Å². The van der Waals surface area contributed by atoms with Crippen molar-refractivity contribution in [2.45, 2.75) is 24.7 Å².